The smallest absolute Gasteiger partial charge is 0.317 e. The highest BCUT2D eigenvalue weighted by Crippen LogP contribution is 2.26. The maximum Gasteiger partial charge on any atom is 0.317 e. The van der Waals surface area contributed by atoms with Gasteiger partial charge in [-0.15, -0.1) is 0 Å². The molecule has 1 aromatic rings. The number of carboxylic acid groups (broad SMARTS) is 1. The monoisotopic (exact) mass is 209 g/mol. The lowest BCUT2D eigenvalue weighted by molar-refractivity contribution is -0.138. The lowest BCUT2D eigenvalue weighted by Crippen LogP contribution is -2.34. The molecule has 0 radical (unpaired) electrons. The Kier molecular flexibility index (Phi) is 3.01. The number of nitrogens with zero attached hydrogens (tertiary/aromatic N) is 3. The average molecular weight is 209 g/mol. The molecule has 2 rings (SSSR count). The lowest BCUT2D eigenvalue weighted by Gasteiger charge is -2.19. The van der Waals surface area contributed by atoms with E-state index < -0.39 is 5.97 Å². The van der Waals surface area contributed by atoms with Gasteiger partial charge in [-0.2, -0.15) is 5.10 Å². The molecular formula is C10H15N3O2. The van der Waals surface area contributed by atoms with Crippen LogP contribution in [0.5, 0.6) is 0 Å². The summed E-state index contributed by atoms with van der Waals surface area (Å²) in [5.41, 5.74) is 0. The third kappa shape index (κ3) is 3.06. The van der Waals surface area contributed by atoms with Crippen LogP contribution in [0.25, 0.3) is 0 Å². The maximum atomic E-state index is 10.6. The molecule has 0 bridgehead atoms. The van der Waals surface area contributed by atoms with Gasteiger partial charge in [-0.05, 0) is 18.9 Å². The number of hydrogen-bond donors (Lipinski definition) is 1. The normalized spacial score (nSPS) is 15.8. The van der Waals surface area contributed by atoms with E-state index in [1.54, 1.807) is 6.20 Å². The summed E-state index contributed by atoms with van der Waals surface area (Å²) in [6, 6.07) is 2.36. The first-order valence-corrected chi connectivity index (χ1v) is 5.19. The van der Waals surface area contributed by atoms with Gasteiger partial charge in [0.25, 0.3) is 0 Å². The summed E-state index contributed by atoms with van der Waals surface area (Å²) < 4.78 is 1.83. The fraction of sp³-hybridized carbons (Fsp3) is 0.600. The molecule has 5 nitrogen and oxygen atoms in total. The summed E-state index contributed by atoms with van der Waals surface area (Å²) in [6.45, 7) is 1.67. The van der Waals surface area contributed by atoms with Gasteiger partial charge >= 0.3 is 5.97 Å². The summed E-state index contributed by atoms with van der Waals surface area (Å²) in [7, 11) is 0. The molecule has 0 aliphatic heterocycles. The van der Waals surface area contributed by atoms with Crippen LogP contribution >= 0.6 is 0 Å². The first-order chi connectivity index (χ1) is 7.25. The first-order valence-electron chi connectivity index (χ1n) is 5.19. The number of hydrogen-bond acceptors (Lipinski definition) is 3. The average Bonchev–Trinajstić information content (AvgIpc) is 2.90. The summed E-state index contributed by atoms with van der Waals surface area (Å²) >= 11 is 0. The zero-order valence-electron chi connectivity index (χ0n) is 8.54. The van der Waals surface area contributed by atoms with E-state index in [1.807, 2.05) is 21.8 Å². The number of rotatable bonds is 6. The van der Waals surface area contributed by atoms with Crippen molar-refractivity contribution in [1.29, 1.82) is 0 Å². The van der Waals surface area contributed by atoms with Crippen LogP contribution in [0.4, 0.5) is 0 Å². The van der Waals surface area contributed by atoms with E-state index in [9.17, 15) is 4.79 Å². The minimum absolute atomic E-state index is 0.145. The molecule has 1 aliphatic carbocycles. The summed E-state index contributed by atoms with van der Waals surface area (Å²) in [6.07, 6.45) is 5.89. The molecule has 1 heterocycles. The molecule has 82 valence electrons. The van der Waals surface area contributed by atoms with E-state index in [2.05, 4.69) is 5.10 Å². The van der Waals surface area contributed by atoms with Crippen molar-refractivity contribution in [3.8, 4) is 0 Å². The Morgan fingerprint density at radius 2 is 2.40 bits per heavy atom. The maximum absolute atomic E-state index is 10.6. The van der Waals surface area contributed by atoms with Gasteiger partial charge in [-0.25, -0.2) is 0 Å². The van der Waals surface area contributed by atoms with Crippen molar-refractivity contribution >= 4 is 5.97 Å². The first kappa shape index (κ1) is 10.2. The third-order valence-corrected chi connectivity index (χ3v) is 2.58. The van der Waals surface area contributed by atoms with Crippen molar-refractivity contribution in [3.05, 3.63) is 18.5 Å². The second-order valence-electron chi connectivity index (χ2n) is 3.86. The summed E-state index contributed by atoms with van der Waals surface area (Å²) in [4.78, 5) is 12.7. The highest BCUT2D eigenvalue weighted by atomic mass is 16.4. The zero-order valence-corrected chi connectivity index (χ0v) is 8.54. The fourth-order valence-corrected chi connectivity index (χ4v) is 1.67. The van der Waals surface area contributed by atoms with Crippen molar-refractivity contribution in [1.82, 2.24) is 14.7 Å². The molecule has 1 N–H and O–H groups in total. The van der Waals surface area contributed by atoms with Crippen molar-refractivity contribution in [2.75, 3.05) is 13.1 Å². The zero-order chi connectivity index (χ0) is 10.7. The molecule has 5 heteroatoms. The molecule has 0 spiro atoms. The largest absolute Gasteiger partial charge is 0.480 e. The van der Waals surface area contributed by atoms with Gasteiger partial charge in [0.05, 0.1) is 13.1 Å². The van der Waals surface area contributed by atoms with Crippen molar-refractivity contribution in [2.24, 2.45) is 0 Å². The molecule has 1 saturated carbocycles. The van der Waals surface area contributed by atoms with Crippen LogP contribution in [0.15, 0.2) is 18.5 Å². The van der Waals surface area contributed by atoms with Gasteiger partial charge in [-0.3, -0.25) is 14.4 Å². The topological polar surface area (TPSA) is 58.4 Å². The highest BCUT2D eigenvalue weighted by Gasteiger charge is 2.29. The number of aromatic nitrogens is 2. The van der Waals surface area contributed by atoms with E-state index in [1.165, 1.54) is 0 Å². The Balaban J connectivity index is 1.81. The number of aliphatic carboxylic acids is 1. The van der Waals surface area contributed by atoms with Crippen LogP contribution in [-0.4, -0.2) is 44.9 Å². The second kappa shape index (κ2) is 4.44. The van der Waals surface area contributed by atoms with E-state index in [4.69, 9.17) is 5.11 Å². The molecule has 1 fully saturated rings. The molecule has 0 aromatic carbocycles. The molecule has 1 aromatic heterocycles. The van der Waals surface area contributed by atoms with Crippen LogP contribution in [0.1, 0.15) is 12.8 Å². The number of carbonyl (C=O) groups is 1. The van der Waals surface area contributed by atoms with Crippen molar-refractivity contribution in [2.45, 2.75) is 25.4 Å². The second-order valence-corrected chi connectivity index (χ2v) is 3.86. The lowest BCUT2D eigenvalue weighted by atomic mass is 10.4. The van der Waals surface area contributed by atoms with Crippen molar-refractivity contribution < 1.29 is 9.90 Å². The third-order valence-electron chi connectivity index (χ3n) is 2.58. The van der Waals surface area contributed by atoms with Gasteiger partial charge in [0.1, 0.15) is 0 Å². The molecule has 1 aliphatic rings. The Bertz CT molecular complexity index is 319. The van der Waals surface area contributed by atoms with Crippen LogP contribution < -0.4 is 0 Å². The highest BCUT2D eigenvalue weighted by molar-refractivity contribution is 5.69. The van der Waals surface area contributed by atoms with Gasteiger partial charge in [-0.1, -0.05) is 0 Å². The molecule has 0 unspecified atom stereocenters. The van der Waals surface area contributed by atoms with Crippen LogP contribution in [0.3, 0.4) is 0 Å². The van der Waals surface area contributed by atoms with E-state index in [0.29, 0.717) is 6.04 Å². The summed E-state index contributed by atoms with van der Waals surface area (Å²) in [5, 5.41) is 12.8. The van der Waals surface area contributed by atoms with Crippen LogP contribution in [0, 0.1) is 0 Å². The van der Waals surface area contributed by atoms with E-state index in [-0.39, 0.29) is 6.54 Å². The predicted molar refractivity (Wildman–Crippen MR) is 54.5 cm³/mol. The summed E-state index contributed by atoms with van der Waals surface area (Å²) in [5.74, 6) is -0.748. The minimum atomic E-state index is -0.748. The van der Waals surface area contributed by atoms with E-state index in [0.717, 1.165) is 25.9 Å². The Labute approximate surface area is 88.3 Å². The fourth-order valence-electron chi connectivity index (χ4n) is 1.67. The van der Waals surface area contributed by atoms with E-state index >= 15 is 0 Å². The SMILES string of the molecule is O=C(O)CN(CCn1cccn1)C1CC1. The molecule has 15 heavy (non-hydrogen) atoms. The van der Waals surface area contributed by atoms with Crippen LogP contribution in [0.2, 0.25) is 0 Å². The minimum Gasteiger partial charge on any atom is -0.480 e. The quantitative estimate of drug-likeness (QED) is 0.738. The molecule has 0 amide bonds. The van der Waals surface area contributed by atoms with Gasteiger partial charge in [0.2, 0.25) is 0 Å². The molecule has 0 atom stereocenters. The number of carboxylic acids is 1. The van der Waals surface area contributed by atoms with Crippen molar-refractivity contribution in [3.63, 3.8) is 0 Å². The molecular weight excluding hydrogens is 194 g/mol. The van der Waals surface area contributed by atoms with Gasteiger partial charge in [0, 0.05) is 25.0 Å². The Morgan fingerprint density at radius 1 is 1.60 bits per heavy atom. The van der Waals surface area contributed by atoms with Gasteiger partial charge < -0.3 is 5.11 Å². The Morgan fingerprint density at radius 3 is 2.93 bits per heavy atom. The molecule has 0 saturated heterocycles. The van der Waals surface area contributed by atoms with Gasteiger partial charge in [0.15, 0.2) is 0 Å². The predicted octanol–water partition coefficient (Wildman–Crippen LogP) is 0.432. The van der Waals surface area contributed by atoms with Crippen LogP contribution in [-0.2, 0) is 11.3 Å². The Hall–Kier alpha value is -1.36. The standard InChI is InChI=1S/C10H15N3O2/c14-10(15)8-12(9-2-3-9)6-7-13-5-1-4-11-13/h1,4-5,9H,2-3,6-8H2,(H,14,15).